The van der Waals surface area contributed by atoms with E-state index >= 15 is 0 Å². The molecule has 5 heteroatoms. The molecule has 0 saturated carbocycles. The molecule has 0 aromatic rings. The van der Waals surface area contributed by atoms with Gasteiger partial charge in [0.15, 0.2) is 5.96 Å². The van der Waals surface area contributed by atoms with Crippen molar-refractivity contribution in [1.82, 2.24) is 5.32 Å². The zero-order valence-electron chi connectivity index (χ0n) is 6.42. The van der Waals surface area contributed by atoms with Crippen molar-refractivity contribution in [1.29, 1.82) is 0 Å². The van der Waals surface area contributed by atoms with Crippen LogP contribution in [0.25, 0.3) is 0 Å². The second-order valence-electron chi connectivity index (χ2n) is 2.03. The molecule has 0 aliphatic rings. The van der Waals surface area contributed by atoms with Crippen molar-refractivity contribution in [3.05, 3.63) is 0 Å². The number of carbonyl (C=O) groups is 1. The maximum absolute atomic E-state index is 9.82. The summed E-state index contributed by atoms with van der Waals surface area (Å²) in [5.74, 6) is 0.111. The molecule has 0 amide bonds. The minimum atomic E-state index is 0.111. The Bertz CT molecular complexity index is 131. The van der Waals surface area contributed by atoms with Gasteiger partial charge in [0.2, 0.25) is 0 Å². The minimum Gasteiger partial charge on any atom is -0.370 e. The standard InChI is InChI=1S/C6H14N4O/c7-6(8)10-3-1-2-9-4-5-11/h5,9H,1-4H2,(H4,7,8,10). The normalized spacial score (nSPS) is 9.09. The lowest BCUT2D eigenvalue weighted by Gasteiger charge is -1.96. The molecule has 0 aromatic heterocycles. The van der Waals surface area contributed by atoms with Crippen LogP contribution in [0.4, 0.5) is 0 Å². The monoisotopic (exact) mass is 158 g/mol. The highest BCUT2D eigenvalue weighted by atomic mass is 16.1. The number of nitrogens with one attached hydrogen (secondary N) is 1. The van der Waals surface area contributed by atoms with Crippen LogP contribution in [-0.2, 0) is 4.79 Å². The summed E-state index contributed by atoms with van der Waals surface area (Å²) in [5.41, 5.74) is 10.2. The minimum absolute atomic E-state index is 0.111. The van der Waals surface area contributed by atoms with Crippen molar-refractivity contribution in [2.75, 3.05) is 19.6 Å². The van der Waals surface area contributed by atoms with Crippen LogP contribution in [-0.4, -0.2) is 31.9 Å². The first-order valence-corrected chi connectivity index (χ1v) is 3.47. The van der Waals surface area contributed by atoms with Crippen molar-refractivity contribution in [2.45, 2.75) is 6.42 Å². The largest absolute Gasteiger partial charge is 0.370 e. The van der Waals surface area contributed by atoms with Gasteiger partial charge in [-0.05, 0) is 13.0 Å². The van der Waals surface area contributed by atoms with Crippen molar-refractivity contribution >= 4 is 12.2 Å². The molecule has 0 fully saturated rings. The molecule has 0 radical (unpaired) electrons. The molecule has 0 saturated heterocycles. The fourth-order valence-electron chi connectivity index (χ4n) is 0.573. The summed E-state index contributed by atoms with van der Waals surface area (Å²) in [6, 6.07) is 0. The lowest BCUT2D eigenvalue weighted by atomic mass is 10.4. The van der Waals surface area contributed by atoms with E-state index < -0.39 is 0 Å². The summed E-state index contributed by atoms with van der Waals surface area (Å²) in [6.07, 6.45) is 1.66. The molecule has 0 aromatic carbocycles. The summed E-state index contributed by atoms with van der Waals surface area (Å²) >= 11 is 0. The number of hydrogen-bond acceptors (Lipinski definition) is 3. The van der Waals surface area contributed by atoms with Crippen LogP contribution in [0.3, 0.4) is 0 Å². The van der Waals surface area contributed by atoms with E-state index in [4.69, 9.17) is 11.5 Å². The van der Waals surface area contributed by atoms with Crippen LogP contribution in [0.5, 0.6) is 0 Å². The SMILES string of the molecule is NC(N)=NCCCNCC=O. The molecule has 11 heavy (non-hydrogen) atoms. The zero-order valence-corrected chi connectivity index (χ0v) is 6.42. The number of carbonyl (C=O) groups excluding carboxylic acids is 1. The van der Waals surface area contributed by atoms with Crippen LogP contribution < -0.4 is 16.8 Å². The van der Waals surface area contributed by atoms with E-state index in [9.17, 15) is 4.79 Å². The number of guanidine groups is 1. The second kappa shape index (κ2) is 7.01. The Hall–Kier alpha value is -1.10. The average molecular weight is 158 g/mol. The average Bonchev–Trinajstić information content (AvgIpc) is 1.96. The second-order valence-corrected chi connectivity index (χ2v) is 2.03. The molecular weight excluding hydrogens is 144 g/mol. The molecule has 0 spiro atoms. The summed E-state index contributed by atoms with van der Waals surface area (Å²) in [6.45, 7) is 1.76. The van der Waals surface area contributed by atoms with Crippen LogP contribution >= 0.6 is 0 Å². The molecule has 0 aliphatic carbocycles. The van der Waals surface area contributed by atoms with Gasteiger partial charge in [0.05, 0.1) is 6.54 Å². The Morgan fingerprint density at radius 3 is 2.82 bits per heavy atom. The van der Waals surface area contributed by atoms with Gasteiger partial charge in [-0.25, -0.2) is 0 Å². The fourth-order valence-corrected chi connectivity index (χ4v) is 0.573. The van der Waals surface area contributed by atoms with Crippen LogP contribution in [0.2, 0.25) is 0 Å². The third-order valence-corrected chi connectivity index (χ3v) is 1.03. The number of hydrogen-bond donors (Lipinski definition) is 3. The van der Waals surface area contributed by atoms with E-state index in [1.165, 1.54) is 0 Å². The number of nitrogens with zero attached hydrogens (tertiary/aromatic N) is 1. The first kappa shape index (κ1) is 9.90. The summed E-state index contributed by atoms with van der Waals surface area (Å²) in [7, 11) is 0. The van der Waals surface area contributed by atoms with Gasteiger partial charge in [-0.2, -0.15) is 0 Å². The van der Waals surface area contributed by atoms with Gasteiger partial charge in [-0.3, -0.25) is 4.99 Å². The van der Waals surface area contributed by atoms with Gasteiger partial charge in [0.1, 0.15) is 6.29 Å². The molecule has 0 rings (SSSR count). The highest BCUT2D eigenvalue weighted by Crippen LogP contribution is 1.76. The van der Waals surface area contributed by atoms with Gasteiger partial charge in [0.25, 0.3) is 0 Å². The summed E-state index contributed by atoms with van der Waals surface area (Å²) in [4.78, 5) is 13.6. The van der Waals surface area contributed by atoms with Crippen LogP contribution in [0, 0.1) is 0 Å². The topological polar surface area (TPSA) is 93.5 Å². The van der Waals surface area contributed by atoms with E-state index in [1.807, 2.05) is 0 Å². The third-order valence-electron chi connectivity index (χ3n) is 1.03. The number of aliphatic imine (C=N–C) groups is 1. The van der Waals surface area contributed by atoms with Crippen molar-refractivity contribution < 1.29 is 4.79 Å². The third kappa shape index (κ3) is 8.90. The van der Waals surface area contributed by atoms with Gasteiger partial charge in [-0.1, -0.05) is 0 Å². The number of rotatable bonds is 6. The molecule has 0 atom stereocenters. The predicted octanol–water partition coefficient (Wildman–Crippen LogP) is -1.56. The highest BCUT2D eigenvalue weighted by Gasteiger charge is 1.85. The van der Waals surface area contributed by atoms with E-state index in [1.54, 1.807) is 0 Å². The van der Waals surface area contributed by atoms with E-state index in [0.717, 1.165) is 19.3 Å². The molecule has 64 valence electrons. The van der Waals surface area contributed by atoms with Gasteiger partial charge >= 0.3 is 0 Å². The Kier molecular flexibility index (Phi) is 6.31. The Morgan fingerprint density at radius 1 is 1.55 bits per heavy atom. The quantitative estimate of drug-likeness (QED) is 0.188. The lowest BCUT2D eigenvalue weighted by Crippen LogP contribution is -2.24. The Labute approximate surface area is 65.9 Å². The van der Waals surface area contributed by atoms with E-state index in [0.29, 0.717) is 13.1 Å². The van der Waals surface area contributed by atoms with E-state index in [2.05, 4.69) is 10.3 Å². The first-order chi connectivity index (χ1) is 5.27. The molecule has 0 heterocycles. The fraction of sp³-hybridized carbons (Fsp3) is 0.667. The van der Waals surface area contributed by atoms with Crippen molar-refractivity contribution in [3.63, 3.8) is 0 Å². The molecular formula is C6H14N4O. The van der Waals surface area contributed by atoms with Gasteiger partial charge in [-0.15, -0.1) is 0 Å². The lowest BCUT2D eigenvalue weighted by molar-refractivity contribution is -0.107. The van der Waals surface area contributed by atoms with E-state index in [-0.39, 0.29) is 5.96 Å². The summed E-state index contributed by atoms with van der Waals surface area (Å²) < 4.78 is 0. The molecule has 0 bridgehead atoms. The predicted molar refractivity (Wildman–Crippen MR) is 44.2 cm³/mol. The molecule has 0 aliphatic heterocycles. The highest BCUT2D eigenvalue weighted by molar-refractivity contribution is 5.75. The Morgan fingerprint density at radius 2 is 2.27 bits per heavy atom. The van der Waals surface area contributed by atoms with Crippen LogP contribution in [0.15, 0.2) is 4.99 Å². The zero-order chi connectivity index (χ0) is 8.53. The molecule has 0 unspecified atom stereocenters. The maximum Gasteiger partial charge on any atom is 0.185 e. The van der Waals surface area contributed by atoms with Crippen molar-refractivity contribution in [2.24, 2.45) is 16.5 Å². The maximum atomic E-state index is 9.82. The molecule has 5 nitrogen and oxygen atoms in total. The first-order valence-electron chi connectivity index (χ1n) is 3.47. The number of nitrogens with two attached hydrogens (primary N) is 2. The number of aldehydes is 1. The van der Waals surface area contributed by atoms with Gasteiger partial charge in [0, 0.05) is 6.54 Å². The van der Waals surface area contributed by atoms with Gasteiger partial charge < -0.3 is 21.6 Å². The summed E-state index contributed by atoms with van der Waals surface area (Å²) in [5, 5.41) is 2.89. The van der Waals surface area contributed by atoms with Crippen LogP contribution in [0.1, 0.15) is 6.42 Å². The Balaban J connectivity index is 3.02. The molecule has 5 N–H and O–H groups in total. The smallest absolute Gasteiger partial charge is 0.185 e. The van der Waals surface area contributed by atoms with Crippen molar-refractivity contribution in [3.8, 4) is 0 Å².